The van der Waals surface area contributed by atoms with Crippen LogP contribution in [0.2, 0.25) is 0 Å². The van der Waals surface area contributed by atoms with Gasteiger partial charge in [0.15, 0.2) is 0 Å². The standard InChI is InChI=1S/C28H36N2O5/c1-18(2)20(13-14-26(31)30(4)19(3)27(32)33)15-16-29-28(34)35-17-25-23-11-7-5-9-21(23)22-10-6-8-12-24(22)25/h5-12,18-20,25H,13-17H2,1-4H3,(H,29,34)(H,32,33). The van der Waals surface area contributed by atoms with Gasteiger partial charge in [0, 0.05) is 25.9 Å². The summed E-state index contributed by atoms with van der Waals surface area (Å²) in [4.78, 5) is 37.2. The Labute approximate surface area is 207 Å². The summed E-state index contributed by atoms with van der Waals surface area (Å²) in [6.45, 7) is 6.40. The van der Waals surface area contributed by atoms with Gasteiger partial charge in [-0.15, -0.1) is 0 Å². The Morgan fingerprint density at radius 2 is 1.54 bits per heavy atom. The Bertz CT molecular complexity index is 1010. The van der Waals surface area contributed by atoms with Crippen molar-refractivity contribution in [2.24, 2.45) is 11.8 Å². The first kappa shape index (κ1) is 26.3. The number of carbonyl (C=O) groups excluding carboxylic acids is 2. The SMILES string of the molecule is CC(C)C(CCNC(=O)OCC1c2ccccc2-c2ccccc21)CCC(=O)N(C)C(C)C(=O)O. The Balaban J connectivity index is 1.46. The molecule has 1 aliphatic carbocycles. The number of nitrogens with one attached hydrogen (secondary N) is 1. The fraction of sp³-hybridized carbons (Fsp3) is 0.464. The fourth-order valence-corrected chi connectivity index (χ4v) is 4.69. The number of hydrogen-bond acceptors (Lipinski definition) is 4. The Hall–Kier alpha value is -3.35. The maximum atomic E-state index is 12.4. The number of ether oxygens (including phenoxy) is 1. The normalized spacial score (nSPS) is 14.1. The van der Waals surface area contributed by atoms with E-state index in [1.165, 1.54) is 41.1 Å². The minimum atomic E-state index is -1.02. The fourth-order valence-electron chi connectivity index (χ4n) is 4.69. The van der Waals surface area contributed by atoms with Crippen LogP contribution in [0.4, 0.5) is 4.79 Å². The van der Waals surface area contributed by atoms with Gasteiger partial charge >= 0.3 is 12.1 Å². The van der Waals surface area contributed by atoms with Crippen molar-refractivity contribution in [1.29, 1.82) is 0 Å². The number of alkyl carbamates (subject to hydrolysis) is 1. The summed E-state index contributed by atoms with van der Waals surface area (Å²) in [5.41, 5.74) is 4.73. The van der Waals surface area contributed by atoms with Crippen LogP contribution in [0.25, 0.3) is 11.1 Å². The van der Waals surface area contributed by atoms with E-state index in [-0.39, 0.29) is 30.8 Å². The minimum absolute atomic E-state index is 0.0211. The molecule has 3 rings (SSSR count). The van der Waals surface area contributed by atoms with Crippen molar-refractivity contribution < 1.29 is 24.2 Å². The van der Waals surface area contributed by atoms with Crippen molar-refractivity contribution in [2.75, 3.05) is 20.2 Å². The number of nitrogens with zero attached hydrogens (tertiary/aromatic N) is 1. The third kappa shape index (κ3) is 6.41. The van der Waals surface area contributed by atoms with Crippen molar-refractivity contribution in [2.45, 2.75) is 52.0 Å². The first-order valence-electron chi connectivity index (χ1n) is 12.3. The summed E-state index contributed by atoms with van der Waals surface area (Å²) in [5.74, 6) is -0.632. The van der Waals surface area contributed by atoms with Crippen LogP contribution in [-0.2, 0) is 14.3 Å². The van der Waals surface area contributed by atoms with Crippen LogP contribution >= 0.6 is 0 Å². The smallest absolute Gasteiger partial charge is 0.407 e. The molecule has 2 N–H and O–H groups in total. The Morgan fingerprint density at radius 1 is 0.971 bits per heavy atom. The van der Waals surface area contributed by atoms with Crippen molar-refractivity contribution in [3.8, 4) is 11.1 Å². The van der Waals surface area contributed by atoms with Gasteiger partial charge in [-0.1, -0.05) is 62.4 Å². The van der Waals surface area contributed by atoms with Crippen LogP contribution in [0.5, 0.6) is 0 Å². The molecule has 7 heteroatoms. The molecule has 0 spiro atoms. The zero-order valence-corrected chi connectivity index (χ0v) is 21.0. The molecule has 0 saturated carbocycles. The van der Waals surface area contributed by atoms with E-state index in [9.17, 15) is 14.4 Å². The summed E-state index contributed by atoms with van der Waals surface area (Å²) in [6.07, 6.45) is 1.19. The molecule has 2 atom stereocenters. The van der Waals surface area contributed by atoms with E-state index < -0.39 is 18.1 Å². The third-order valence-electron chi connectivity index (χ3n) is 7.13. The van der Waals surface area contributed by atoms with Crippen molar-refractivity contribution >= 4 is 18.0 Å². The van der Waals surface area contributed by atoms with Crippen LogP contribution in [-0.4, -0.2) is 54.2 Å². The molecule has 0 fully saturated rings. The highest BCUT2D eigenvalue weighted by molar-refractivity contribution is 5.83. The first-order chi connectivity index (χ1) is 16.7. The first-order valence-corrected chi connectivity index (χ1v) is 12.3. The summed E-state index contributed by atoms with van der Waals surface area (Å²) in [6, 6.07) is 15.6. The number of rotatable bonds is 11. The molecule has 0 aromatic heterocycles. The van der Waals surface area contributed by atoms with Gasteiger partial charge in [-0.05, 0) is 53.9 Å². The second-order valence-corrected chi connectivity index (χ2v) is 9.60. The largest absolute Gasteiger partial charge is 0.480 e. The van der Waals surface area contributed by atoms with Gasteiger partial charge in [-0.25, -0.2) is 9.59 Å². The number of likely N-dealkylation sites (N-methyl/N-ethyl adjacent to an activating group) is 1. The highest BCUT2D eigenvalue weighted by Gasteiger charge is 2.29. The van der Waals surface area contributed by atoms with Gasteiger partial charge in [-0.3, -0.25) is 4.79 Å². The highest BCUT2D eigenvalue weighted by Crippen LogP contribution is 2.44. The maximum absolute atomic E-state index is 12.4. The second-order valence-electron chi connectivity index (χ2n) is 9.60. The van der Waals surface area contributed by atoms with E-state index in [0.29, 0.717) is 25.3 Å². The molecule has 2 unspecified atom stereocenters. The third-order valence-corrected chi connectivity index (χ3v) is 7.13. The molecule has 0 radical (unpaired) electrons. The summed E-state index contributed by atoms with van der Waals surface area (Å²) >= 11 is 0. The molecule has 0 heterocycles. The van der Waals surface area contributed by atoms with Gasteiger partial charge in [0.2, 0.25) is 5.91 Å². The number of carboxylic acid groups (broad SMARTS) is 1. The second kappa shape index (κ2) is 11.9. The van der Waals surface area contributed by atoms with Crippen LogP contribution in [0.1, 0.15) is 57.1 Å². The van der Waals surface area contributed by atoms with Crippen molar-refractivity contribution in [3.05, 3.63) is 59.7 Å². The lowest BCUT2D eigenvalue weighted by Crippen LogP contribution is -2.40. The van der Waals surface area contributed by atoms with Gasteiger partial charge < -0.3 is 20.1 Å². The van der Waals surface area contributed by atoms with Crippen molar-refractivity contribution in [3.63, 3.8) is 0 Å². The van der Waals surface area contributed by atoms with Gasteiger partial charge in [0.1, 0.15) is 12.6 Å². The lowest BCUT2D eigenvalue weighted by molar-refractivity contribution is -0.148. The topological polar surface area (TPSA) is 95.9 Å². The maximum Gasteiger partial charge on any atom is 0.407 e. The minimum Gasteiger partial charge on any atom is -0.480 e. The molecule has 188 valence electrons. The number of benzene rings is 2. The van der Waals surface area contributed by atoms with E-state index in [0.717, 1.165) is 0 Å². The van der Waals surface area contributed by atoms with E-state index in [1.807, 2.05) is 24.3 Å². The number of fused-ring (bicyclic) bond motifs is 3. The summed E-state index contributed by atoms with van der Waals surface area (Å²) in [7, 11) is 1.52. The van der Waals surface area contributed by atoms with E-state index in [1.54, 1.807) is 0 Å². The summed E-state index contributed by atoms with van der Waals surface area (Å²) in [5, 5.41) is 11.9. The molecule has 0 bridgehead atoms. The van der Waals surface area contributed by atoms with E-state index in [4.69, 9.17) is 9.84 Å². The zero-order valence-electron chi connectivity index (χ0n) is 21.0. The van der Waals surface area contributed by atoms with Gasteiger partial charge in [-0.2, -0.15) is 0 Å². The van der Waals surface area contributed by atoms with Gasteiger partial charge in [0.25, 0.3) is 0 Å². The highest BCUT2D eigenvalue weighted by atomic mass is 16.5. The lowest BCUT2D eigenvalue weighted by Gasteiger charge is -2.24. The zero-order chi connectivity index (χ0) is 25.5. The molecule has 1 aliphatic rings. The predicted octanol–water partition coefficient (Wildman–Crippen LogP) is 4.90. The molecular weight excluding hydrogens is 444 g/mol. The summed E-state index contributed by atoms with van der Waals surface area (Å²) < 4.78 is 5.59. The number of aliphatic carboxylic acids is 1. The van der Waals surface area contributed by atoms with Crippen LogP contribution < -0.4 is 5.32 Å². The molecule has 35 heavy (non-hydrogen) atoms. The lowest BCUT2D eigenvalue weighted by atomic mass is 9.88. The number of amides is 2. The van der Waals surface area contributed by atoms with Crippen LogP contribution in [0.3, 0.4) is 0 Å². The quantitative estimate of drug-likeness (QED) is 0.477. The van der Waals surface area contributed by atoms with Gasteiger partial charge in [0.05, 0.1) is 0 Å². The van der Waals surface area contributed by atoms with E-state index in [2.05, 4.69) is 43.4 Å². The average Bonchev–Trinajstić information content (AvgIpc) is 3.17. The molecule has 2 aromatic carbocycles. The molecule has 0 aliphatic heterocycles. The Kier molecular flexibility index (Phi) is 8.90. The number of hydrogen-bond donors (Lipinski definition) is 2. The van der Waals surface area contributed by atoms with E-state index >= 15 is 0 Å². The molecule has 0 saturated heterocycles. The predicted molar refractivity (Wildman–Crippen MR) is 135 cm³/mol. The molecule has 2 aromatic rings. The molecule has 7 nitrogen and oxygen atoms in total. The van der Waals surface area contributed by atoms with Crippen molar-refractivity contribution in [1.82, 2.24) is 10.2 Å². The van der Waals surface area contributed by atoms with Crippen LogP contribution in [0, 0.1) is 11.8 Å². The average molecular weight is 481 g/mol. The monoisotopic (exact) mass is 480 g/mol. The number of carboxylic acids is 1. The van der Waals surface area contributed by atoms with Crippen LogP contribution in [0.15, 0.2) is 48.5 Å². The number of carbonyl (C=O) groups is 3. The molecule has 2 amide bonds. The molecular formula is C28H36N2O5. The Morgan fingerprint density at radius 3 is 2.09 bits per heavy atom.